The molecule has 1 aromatic heterocycles. The van der Waals surface area contributed by atoms with Gasteiger partial charge in [-0.15, -0.1) is 11.3 Å². The fourth-order valence-corrected chi connectivity index (χ4v) is 1.65. The van der Waals surface area contributed by atoms with E-state index in [2.05, 4.69) is 10.0 Å². The molecule has 1 unspecified atom stereocenters. The summed E-state index contributed by atoms with van der Waals surface area (Å²) in [4.78, 5) is 2.54. The maximum atomic E-state index is 9.35. The van der Waals surface area contributed by atoms with Gasteiger partial charge >= 0.3 is 0 Å². The minimum absolute atomic E-state index is 0.0452. The summed E-state index contributed by atoms with van der Waals surface area (Å²) in [5.41, 5.74) is 8.68. The van der Waals surface area contributed by atoms with Gasteiger partial charge in [-0.1, -0.05) is 16.7 Å². The highest BCUT2D eigenvalue weighted by molar-refractivity contribution is 7.14. The van der Waals surface area contributed by atoms with Gasteiger partial charge in [0.1, 0.15) is 0 Å². The summed E-state index contributed by atoms with van der Waals surface area (Å²) in [5.74, 6) is 0. The second-order valence-corrected chi connectivity index (χ2v) is 3.66. The highest BCUT2D eigenvalue weighted by atomic mass is 35.5. The fraction of sp³-hybridized carbons (Fsp3) is 0.333. The standard InChI is InChI=1S/C6H6ClN3OS/c7-6-1-4(3-12-6)5(11)2-9-10-8/h1,3,5,11H,2H2. The number of aliphatic hydroxyl groups is 1. The molecule has 0 amide bonds. The Balaban J connectivity index is 2.64. The summed E-state index contributed by atoms with van der Waals surface area (Å²) in [5, 5.41) is 14.3. The smallest absolute Gasteiger partial charge is 0.0932 e. The van der Waals surface area contributed by atoms with E-state index < -0.39 is 6.10 Å². The van der Waals surface area contributed by atoms with Crippen LogP contribution in [0.15, 0.2) is 16.6 Å². The topological polar surface area (TPSA) is 69.0 Å². The number of halogens is 1. The van der Waals surface area contributed by atoms with Gasteiger partial charge in [-0.2, -0.15) is 0 Å². The largest absolute Gasteiger partial charge is 0.388 e. The van der Waals surface area contributed by atoms with Gasteiger partial charge in [-0.3, -0.25) is 0 Å². The molecule has 0 aliphatic rings. The van der Waals surface area contributed by atoms with Crippen molar-refractivity contribution in [3.8, 4) is 0 Å². The molecule has 6 heteroatoms. The van der Waals surface area contributed by atoms with Crippen LogP contribution in [0.4, 0.5) is 0 Å². The number of rotatable bonds is 3. The van der Waals surface area contributed by atoms with E-state index >= 15 is 0 Å². The summed E-state index contributed by atoms with van der Waals surface area (Å²) in [7, 11) is 0. The van der Waals surface area contributed by atoms with Crippen molar-refractivity contribution in [3.63, 3.8) is 0 Å². The van der Waals surface area contributed by atoms with E-state index in [0.717, 1.165) is 0 Å². The molecule has 1 heterocycles. The quantitative estimate of drug-likeness (QED) is 0.458. The van der Waals surface area contributed by atoms with Crippen LogP contribution in [0, 0.1) is 0 Å². The van der Waals surface area contributed by atoms with Crippen LogP contribution >= 0.6 is 22.9 Å². The molecule has 0 aliphatic heterocycles. The van der Waals surface area contributed by atoms with Crippen LogP contribution in [0.3, 0.4) is 0 Å². The fourth-order valence-electron chi connectivity index (χ4n) is 0.717. The van der Waals surface area contributed by atoms with E-state index in [0.29, 0.717) is 9.90 Å². The minimum atomic E-state index is -0.746. The Hall–Kier alpha value is -0.740. The number of hydrogen-bond donors (Lipinski definition) is 1. The lowest BCUT2D eigenvalue weighted by molar-refractivity contribution is 0.187. The molecule has 4 nitrogen and oxygen atoms in total. The Morgan fingerprint density at radius 1 is 1.83 bits per heavy atom. The zero-order chi connectivity index (χ0) is 8.97. The van der Waals surface area contributed by atoms with E-state index in [9.17, 15) is 5.11 Å². The molecule has 1 N–H and O–H groups in total. The lowest BCUT2D eigenvalue weighted by Gasteiger charge is -2.02. The predicted octanol–water partition coefficient (Wildman–Crippen LogP) is 2.75. The molecule has 0 radical (unpaired) electrons. The third-order valence-electron chi connectivity index (χ3n) is 1.29. The van der Waals surface area contributed by atoms with Gasteiger partial charge in [0.2, 0.25) is 0 Å². The van der Waals surface area contributed by atoms with E-state index in [4.69, 9.17) is 17.1 Å². The minimum Gasteiger partial charge on any atom is -0.388 e. The Labute approximate surface area is 78.0 Å². The van der Waals surface area contributed by atoms with Crippen LogP contribution in [0.25, 0.3) is 10.4 Å². The van der Waals surface area contributed by atoms with Crippen molar-refractivity contribution in [1.29, 1.82) is 0 Å². The highest BCUT2D eigenvalue weighted by Crippen LogP contribution is 2.24. The molecule has 1 aromatic rings. The Morgan fingerprint density at radius 2 is 2.58 bits per heavy atom. The van der Waals surface area contributed by atoms with E-state index in [1.807, 2.05) is 0 Å². The zero-order valence-electron chi connectivity index (χ0n) is 6.01. The summed E-state index contributed by atoms with van der Waals surface area (Å²) < 4.78 is 0.616. The average molecular weight is 204 g/mol. The molecule has 0 aromatic carbocycles. The third kappa shape index (κ3) is 2.39. The average Bonchev–Trinajstić information content (AvgIpc) is 2.47. The lowest BCUT2D eigenvalue weighted by atomic mass is 10.2. The van der Waals surface area contributed by atoms with Gasteiger partial charge in [0, 0.05) is 4.91 Å². The highest BCUT2D eigenvalue weighted by Gasteiger charge is 2.07. The first-order valence-electron chi connectivity index (χ1n) is 3.17. The maximum absolute atomic E-state index is 9.35. The van der Waals surface area contributed by atoms with Crippen molar-refractivity contribution in [2.45, 2.75) is 6.10 Å². The zero-order valence-corrected chi connectivity index (χ0v) is 7.59. The normalized spacial score (nSPS) is 12.2. The first-order valence-corrected chi connectivity index (χ1v) is 4.42. The van der Waals surface area contributed by atoms with Gasteiger partial charge < -0.3 is 5.11 Å². The van der Waals surface area contributed by atoms with Gasteiger partial charge in [-0.05, 0) is 22.5 Å². The van der Waals surface area contributed by atoms with Gasteiger partial charge in [0.05, 0.1) is 17.0 Å². The second kappa shape index (κ2) is 4.33. The van der Waals surface area contributed by atoms with Crippen LogP contribution in [0.2, 0.25) is 4.34 Å². The molecular formula is C6H6ClN3OS. The number of nitrogens with zero attached hydrogens (tertiary/aromatic N) is 3. The second-order valence-electron chi connectivity index (χ2n) is 2.11. The summed E-state index contributed by atoms with van der Waals surface area (Å²) in [6.07, 6.45) is -0.746. The molecule has 0 fully saturated rings. The van der Waals surface area contributed by atoms with Crippen molar-refractivity contribution in [3.05, 3.63) is 31.8 Å². The monoisotopic (exact) mass is 203 g/mol. The van der Waals surface area contributed by atoms with Gasteiger partial charge in [-0.25, -0.2) is 0 Å². The Kier molecular flexibility index (Phi) is 3.37. The number of thiophene rings is 1. The molecule has 0 bridgehead atoms. The molecule has 0 aliphatic carbocycles. The van der Waals surface area contributed by atoms with Crippen LogP contribution in [-0.4, -0.2) is 11.7 Å². The van der Waals surface area contributed by atoms with Gasteiger partial charge in [0.15, 0.2) is 0 Å². The molecule has 1 rings (SSSR count). The Morgan fingerprint density at radius 3 is 3.08 bits per heavy atom. The molecule has 64 valence electrons. The summed E-state index contributed by atoms with van der Waals surface area (Å²) >= 11 is 6.98. The Bertz CT molecular complexity index is 307. The van der Waals surface area contributed by atoms with Crippen LogP contribution in [0.5, 0.6) is 0 Å². The lowest BCUT2D eigenvalue weighted by Crippen LogP contribution is -1.98. The SMILES string of the molecule is [N-]=[N+]=NCC(O)c1csc(Cl)c1. The number of azide groups is 1. The predicted molar refractivity (Wildman–Crippen MR) is 48.3 cm³/mol. The van der Waals surface area contributed by atoms with Crippen molar-refractivity contribution in [1.82, 2.24) is 0 Å². The molecule has 0 spiro atoms. The number of aliphatic hydroxyl groups excluding tert-OH is 1. The summed E-state index contributed by atoms with van der Waals surface area (Å²) in [6.45, 7) is 0.0452. The number of hydrogen-bond acceptors (Lipinski definition) is 3. The van der Waals surface area contributed by atoms with E-state index in [1.165, 1.54) is 11.3 Å². The van der Waals surface area contributed by atoms with Crippen molar-refractivity contribution in [2.24, 2.45) is 5.11 Å². The molecule has 1 atom stereocenters. The van der Waals surface area contributed by atoms with E-state index in [1.54, 1.807) is 11.4 Å². The van der Waals surface area contributed by atoms with Gasteiger partial charge in [0.25, 0.3) is 0 Å². The van der Waals surface area contributed by atoms with Crippen LogP contribution in [-0.2, 0) is 0 Å². The van der Waals surface area contributed by atoms with Crippen molar-refractivity contribution >= 4 is 22.9 Å². The first-order chi connectivity index (χ1) is 5.74. The molecular weight excluding hydrogens is 198 g/mol. The molecule has 0 saturated carbocycles. The first kappa shape index (κ1) is 9.35. The van der Waals surface area contributed by atoms with Crippen LogP contribution < -0.4 is 0 Å². The third-order valence-corrected chi connectivity index (χ3v) is 2.40. The summed E-state index contributed by atoms with van der Waals surface area (Å²) in [6, 6.07) is 1.66. The molecule has 0 saturated heterocycles. The van der Waals surface area contributed by atoms with Crippen LogP contribution in [0.1, 0.15) is 11.7 Å². The van der Waals surface area contributed by atoms with Crippen molar-refractivity contribution in [2.75, 3.05) is 6.54 Å². The van der Waals surface area contributed by atoms with Crippen molar-refractivity contribution < 1.29 is 5.11 Å². The van der Waals surface area contributed by atoms with E-state index in [-0.39, 0.29) is 6.54 Å². The maximum Gasteiger partial charge on any atom is 0.0932 e. The molecule has 12 heavy (non-hydrogen) atoms.